The Bertz CT molecular complexity index is 565. The standard InChI is InChI=1S/C17H28N4O2S/c1-4-6-9-21(10-7-5-2)16(23)15(22)19-17-18-13-8-11-20(3)12-14(13)24-17/h4-12H2,1-3H3,(H,18,19,22). The maximum Gasteiger partial charge on any atom is 0.315 e. The Kier molecular flexibility index (Phi) is 7.17. The Hall–Kier alpha value is -1.47. The van der Waals surface area contributed by atoms with Crippen LogP contribution in [0.3, 0.4) is 0 Å². The summed E-state index contributed by atoms with van der Waals surface area (Å²) in [7, 11) is 2.07. The summed E-state index contributed by atoms with van der Waals surface area (Å²) in [6.07, 6.45) is 4.74. The number of amides is 2. The van der Waals surface area contributed by atoms with Crippen molar-refractivity contribution in [3.63, 3.8) is 0 Å². The number of fused-ring (bicyclic) bond motifs is 1. The molecule has 0 unspecified atom stereocenters. The fourth-order valence-corrected chi connectivity index (χ4v) is 3.77. The highest BCUT2D eigenvalue weighted by atomic mass is 32.1. The zero-order chi connectivity index (χ0) is 17.5. The van der Waals surface area contributed by atoms with Crippen molar-refractivity contribution < 1.29 is 9.59 Å². The van der Waals surface area contributed by atoms with Gasteiger partial charge in [-0.25, -0.2) is 4.98 Å². The Labute approximate surface area is 148 Å². The first-order chi connectivity index (χ1) is 11.5. The van der Waals surface area contributed by atoms with Gasteiger partial charge in [0.25, 0.3) is 0 Å². The third kappa shape index (κ3) is 5.01. The monoisotopic (exact) mass is 352 g/mol. The SMILES string of the molecule is CCCCN(CCCC)C(=O)C(=O)Nc1nc2c(s1)CN(C)CC2. The topological polar surface area (TPSA) is 65.5 Å². The van der Waals surface area contributed by atoms with Crippen molar-refractivity contribution in [2.45, 2.75) is 52.5 Å². The summed E-state index contributed by atoms with van der Waals surface area (Å²) in [5.41, 5.74) is 1.05. The molecule has 0 aliphatic carbocycles. The number of nitrogens with one attached hydrogen (secondary N) is 1. The number of carbonyl (C=O) groups is 2. The highest BCUT2D eigenvalue weighted by Crippen LogP contribution is 2.27. The number of hydrogen-bond donors (Lipinski definition) is 1. The molecule has 6 nitrogen and oxygen atoms in total. The molecule has 1 aliphatic rings. The maximum absolute atomic E-state index is 12.4. The van der Waals surface area contributed by atoms with Crippen molar-refractivity contribution in [2.24, 2.45) is 0 Å². The van der Waals surface area contributed by atoms with Crippen LogP contribution in [-0.4, -0.2) is 53.3 Å². The molecule has 2 rings (SSSR count). The second-order valence-corrected chi connectivity index (χ2v) is 7.41. The minimum absolute atomic E-state index is 0.442. The van der Waals surface area contributed by atoms with E-state index in [9.17, 15) is 9.59 Å². The molecule has 0 spiro atoms. The lowest BCUT2D eigenvalue weighted by Gasteiger charge is -2.21. The average Bonchev–Trinajstić information content (AvgIpc) is 2.95. The molecule has 1 aliphatic heterocycles. The Morgan fingerprint density at radius 2 is 1.92 bits per heavy atom. The molecule has 0 saturated carbocycles. The molecule has 0 aromatic carbocycles. The third-order valence-corrected chi connectivity index (χ3v) is 5.19. The van der Waals surface area contributed by atoms with Crippen LogP contribution in [0.1, 0.15) is 50.1 Å². The van der Waals surface area contributed by atoms with Crippen molar-refractivity contribution in [3.05, 3.63) is 10.6 Å². The van der Waals surface area contributed by atoms with Gasteiger partial charge in [-0.1, -0.05) is 26.7 Å². The van der Waals surface area contributed by atoms with Crippen LogP contribution >= 0.6 is 11.3 Å². The fraction of sp³-hybridized carbons (Fsp3) is 0.706. The van der Waals surface area contributed by atoms with Crippen molar-refractivity contribution >= 4 is 28.3 Å². The van der Waals surface area contributed by atoms with Crippen LogP contribution < -0.4 is 5.32 Å². The van der Waals surface area contributed by atoms with Gasteiger partial charge in [0.2, 0.25) is 0 Å². The summed E-state index contributed by atoms with van der Waals surface area (Å²) < 4.78 is 0. The van der Waals surface area contributed by atoms with Gasteiger partial charge in [0.05, 0.1) is 5.69 Å². The number of nitrogens with zero attached hydrogens (tertiary/aromatic N) is 3. The molecule has 24 heavy (non-hydrogen) atoms. The number of carbonyl (C=O) groups excluding carboxylic acids is 2. The van der Waals surface area contributed by atoms with Crippen LogP contribution in [-0.2, 0) is 22.6 Å². The van der Waals surface area contributed by atoms with Crippen molar-refractivity contribution in [2.75, 3.05) is 32.0 Å². The first kappa shape index (κ1) is 18.9. The highest BCUT2D eigenvalue weighted by molar-refractivity contribution is 7.16. The first-order valence-electron chi connectivity index (χ1n) is 8.82. The van der Waals surface area contributed by atoms with E-state index >= 15 is 0 Å². The van der Waals surface area contributed by atoms with Crippen LogP contribution in [0.5, 0.6) is 0 Å². The molecule has 7 heteroatoms. The van der Waals surface area contributed by atoms with E-state index < -0.39 is 11.8 Å². The van der Waals surface area contributed by atoms with E-state index in [1.165, 1.54) is 16.2 Å². The molecule has 1 aromatic rings. The van der Waals surface area contributed by atoms with Gasteiger partial charge in [0.15, 0.2) is 5.13 Å². The van der Waals surface area contributed by atoms with E-state index in [2.05, 4.69) is 36.1 Å². The highest BCUT2D eigenvalue weighted by Gasteiger charge is 2.24. The van der Waals surface area contributed by atoms with E-state index in [4.69, 9.17) is 0 Å². The van der Waals surface area contributed by atoms with Gasteiger partial charge in [-0.05, 0) is 19.9 Å². The largest absolute Gasteiger partial charge is 0.334 e. The van der Waals surface area contributed by atoms with E-state index in [0.717, 1.165) is 50.9 Å². The molecule has 0 radical (unpaired) electrons. The number of anilines is 1. The van der Waals surface area contributed by atoms with E-state index in [0.29, 0.717) is 18.2 Å². The summed E-state index contributed by atoms with van der Waals surface area (Å²) in [6, 6.07) is 0. The van der Waals surface area contributed by atoms with Gasteiger partial charge < -0.3 is 9.80 Å². The van der Waals surface area contributed by atoms with Crippen LogP contribution in [0.4, 0.5) is 5.13 Å². The average molecular weight is 353 g/mol. The van der Waals surface area contributed by atoms with Gasteiger partial charge in [-0.15, -0.1) is 11.3 Å². The van der Waals surface area contributed by atoms with Gasteiger partial charge in [0.1, 0.15) is 0 Å². The molecule has 2 amide bonds. The van der Waals surface area contributed by atoms with Crippen LogP contribution in [0.25, 0.3) is 0 Å². The van der Waals surface area contributed by atoms with Crippen molar-refractivity contribution in [1.29, 1.82) is 0 Å². The second kappa shape index (κ2) is 9.13. The Morgan fingerprint density at radius 1 is 1.25 bits per heavy atom. The van der Waals surface area contributed by atoms with Crippen molar-refractivity contribution in [1.82, 2.24) is 14.8 Å². The van der Waals surface area contributed by atoms with Crippen molar-refractivity contribution in [3.8, 4) is 0 Å². The van der Waals surface area contributed by atoms with Gasteiger partial charge >= 0.3 is 11.8 Å². The summed E-state index contributed by atoms with van der Waals surface area (Å²) in [6.45, 7) is 7.28. The number of rotatable bonds is 7. The van der Waals surface area contributed by atoms with E-state index in [1.807, 2.05) is 0 Å². The van der Waals surface area contributed by atoms with Crippen LogP contribution in [0.15, 0.2) is 0 Å². The number of unbranched alkanes of at least 4 members (excludes halogenated alkanes) is 2. The molecule has 134 valence electrons. The summed E-state index contributed by atoms with van der Waals surface area (Å²) in [5, 5.41) is 3.25. The summed E-state index contributed by atoms with van der Waals surface area (Å²) >= 11 is 1.48. The predicted octanol–water partition coefficient (Wildman–Crippen LogP) is 2.50. The van der Waals surface area contributed by atoms with E-state index in [-0.39, 0.29) is 0 Å². The quantitative estimate of drug-likeness (QED) is 0.766. The molecule has 1 N–H and O–H groups in total. The van der Waals surface area contributed by atoms with Gasteiger partial charge in [0, 0.05) is 37.5 Å². The molecule has 1 aromatic heterocycles. The Balaban J connectivity index is 1.97. The number of hydrogen-bond acceptors (Lipinski definition) is 5. The Morgan fingerprint density at radius 3 is 2.54 bits per heavy atom. The molecule has 0 saturated heterocycles. The molecule has 2 heterocycles. The molecular weight excluding hydrogens is 324 g/mol. The molecule has 0 atom stereocenters. The summed E-state index contributed by atoms with van der Waals surface area (Å²) in [5.74, 6) is -1.01. The second-order valence-electron chi connectivity index (χ2n) is 6.33. The van der Waals surface area contributed by atoms with Crippen LogP contribution in [0.2, 0.25) is 0 Å². The van der Waals surface area contributed by atoms with E-state index in [1.54, 1.807) is 4.90 Å². The lowest BCUT2D eigenvalue weighted by atomic mass is 10.2. The zero-order valence-corrected chi connectivity index (χ0v) is 15.7. The smallest absolute Gasteiger partial charge is 0.315 e. The number of thiazole rings is 1. The van der Waals surface area contributed by atoms with Gasteiger partial charge in [-0.3, -0.25) is 14.9 Å². The number of likely N-dealkylation sites (N-methyl/N-ethyl adjacent to an activating group) is 1. The lowest BCUT2D eigenvalue weighted by molar-refractivity contribution is -0.143. The summed E-state index contributed by atoms with van der Waals surface area (Å²) in [4.78, 5) is 34.3. The maximum atomic E-state index is 12.4. The van der Waals surface area contributed by atoms with Crippen LogP contribution in [0, 0.1) is 0 Å². The lowest BCUT2D eigenvalue weighted by Crippen LogP contribution is -2.40. The normalized spacial score (nSPS) is 14.3. The zero-order valence-electron chi connectivity index (χ0n) is 14.9. The molecule has 0 bridgehead atoms. The molecular formula is C17H28N4O2S. The minimum Gasteiger partial charge on any atom is -0.334 e. The first-order valence-corrected chi connectivity index (χ1v) is 9.64. The minimum atomic E-state index is -0.568. The number of aromatic nitrogens is 1. The predicted molar refractivity (Wildman–Crippen MR) is 97.2 cm³/mol. The third-order valence-electron chi connectivity index (χ3n) is 4.19. The fourth-order valence-electron chi connectivity index (χ4n) is 2.68. The molecule has 0 fully saturated rings. The van der Waals surface area contributed by atoms with Gasteiger partial charge in [-0.2, -0.15) is 0 Å².